The van der Waals surface area contributed by atoms with Crippen LogP contribution in [0.4, 0.5) is 15.8 Å². The zero-order valence-corrected chi connectivity index (χ0v) is 17.6. The lowest BCUT2D eigenvalue weighted by Crippen LogP contribution is -2.20. The minimum atomic E-state index is -0.574. The number of benzene rings is 3. The Morgan fingerprint density at radius 3 is 2.55 bits per heavy atom. The third-order valence-corrected chi connectivity index (χ3v) is 4.78. The van der Waals surface area contributed by atoms with Crippen LogP contribution < -0.4 is 24.8 Å². The van der Waals surface area contributed by atoms with Gasteiger partial charge < -0.3 is 24.8 Å². The summed E-state index contributed by atoms with van der Waals surface area (Å²) in [6, 6.07) is 15.8. The van der Waals surface area contributed by atoms with Gasteiger partial charge in [0.1, 0.15) is 0 Å². The molecule has 0 saturated carbocycles. The zero-order valence-electron chi connectivity index (χ0n) is 16.0. The number of carbonyl (C=O) groups is 2. The largest absolute Gasteiger partial charge is 0.481 e. The number of rotatable bonds is 6. The van der Waals surface area contributed by atoms with E-state index >= 15 is 0 Å². The number of hydrogen-bond acceptors (Lipinski definition) is 5. The van der Waals surface area contributed by atoms with Crippen LogP contribution in [0, 0.1) is 5.82 Å². The molecule has 2 N–H and O–H groups in total. The second-order valence-electron chi connectivity index (χ2n) is 6.51. The fraction of sp³-hybridized carbons (Fsp3) is 0.0909. The van der Waals surface area contributed by atoms with Crippen LogP contribution in [0.25, 0.3) is 0 Å². The van der Waals surface area contributed by atoms with Crippen LogP contribution in [0.15, 0.2) is 65.1 Å². The SMILES string of the molecule is O=C(COc1ccc(Br)cc1F)Nc1cccc(NC(=O)c2ccc3c(c2)OCO3)c1. The van der Waals surface area contributed by atoms with Gasteiger partial charge in [0.25, 0.3) is 11.8 Å². The lowest BCUT2D eigenvalue weighted by molar-refractivity contribution is -0.118. The number of fused-ring (bicyclic) bond motifs is 1. The van der Waals surface area contributed by atoms with Gasteiger partial charge in [0, 0.05) is 21.4 Å². The van der Waals surface area contributed by atoms with Gasteiger partial charge in [0.15, 0.2) is 29.7 Å². The van der Waals surface area contributed by atoms with E-state index in [1.54, 1.807) is 48.5 Å². The minimum Gasteiger partial charge on any atom is -0.481 e. The van der Waals surface area contributed by atoms with Crippen molar-refractivity contribution >= 4 is 39.1 Å². The molecule has 158 valence electrons. The molecule has 4 rings (SSSR count). The summed E-state index contributed by atoms with van der Waals surface area (Å²) < 4.78 is 30.1. The smallest absolute Gasteiger partial charge is 0.262 e. The molecule has 0 atom stereocenters. The molecule has 0 fully saturated rings. The molecule has 1 aliphatic heterocycles. The molecule has 3 aromatic carbocycles. The molecule has 0 aliphatic carbocycles. The minimum absolute atomic E-state index is 0.0249. The third-order valence-electron chi connectivity index (χ3n) is 4.29. The lowest BCUT2D eigenvalue weighted by Gasteiger charge is -2.10. The Bertz CT molecular complexity index is 1150. The van der Waals surface area contributed by atoms with Crippen LogP contribution >= 0.6 is 15.9 Å². The number of ether oxygens (including phenoxy) is 3. The predicted octanol–water partition coefficient (Wildman–Crippen LogP) is 4.59. The summed E-state index contributed by atoms with van der Waals surface area (Å²) in [5.41, 5.74) is 1.34. The van der Waals surface area contributed by atoms with Crippen molar-refractivity contribution in [2.24, 2.45) is 0 Å². The highest BCUT2D eigenvalue weighted by molar-refractivity contribution is 9.10. The molecule has 0 saturated heterocycles. The average Bonchev–Trinajstić information content (AvgIpc) is 3.21. The average molecular weight is 487 g/mol. The van der Waals surface area contributed by atoms with Crippen LogP contribution in [0.1, 0.15) is 10.4 Å². The first-order valence-corrected chi connectivity index (χ1v) is 9.96. The predicted molar refractivity (Wildman–Crippen MR) is 115 cm³/mol. The molecule has 0 unspecified atom stereocenters. The molecule has 2 amide bonds. The topological polar surface area (TPSA) is 85.9 Å². The fourth-order valence-corrected chi connectivity index (χ4v) is 3.18. The Morgan fingerprint density at radius 1 is 0.968 bits per heavy atom. The first-order chi connectivity index (χ1) is 15.0. The van der Waals surface area contributed by atoms with Crippen LogP contribution in [-0.4, -0.2) is 25.2 Å². The number of halogens is 2. The number of nitrogens with one attached hydrogen (secondary N) is 2. The lowest BCUT2D eigenvalue weighted by atomic mass is 10.2. The molecule has 0 spiro atoms. The van der Waals surface area contributed by atoms with E-state index in [0.29, 0.717) is 32.9 Å². The number of amides is 2. The van der Waals surface area contributed by atoms with Gasteiger partial charge in [-0.2, -0.15) is 0 Å². The van der Waals surface area contributed by atoms with Gasteiger partial charge in [-0.05, 0) is 54.6 Å². The molecule has 3 aromatic rings. The van der Waals surface area contributed by atoms with Crippen LogP contribution in [0.3, 0.4) is 0 Å². The molecule has 31 heavy (non-hydrogen) atoms. The van der Waals surface area contributed by atoms with Gasteiger partial charge in [-0.15, -0.1) is 0 Å². The Balaban J connectivity index is 1.35. The van der Waals surface area contributed by atoms with Crippen LogP contribution in [0.5, 0.6) is 17.2 Å². The Morgan fingerprint density at radius 2 is 1.74 bits per heavy atom. The van der Waals surface area contributed by atoms with Gasteiger partial charge in [-0.25, -0.2) is 4.39 Å². The fourth-order valence-electron chi connectivity index (χ4n) is 2.85. The summed E-state index contributed by atoms with van der Waals surface area (Å²) >= 11 is 3.16. The molecular formula is C22H16BrFN2O5. The van der Waals surface area contributed by atoms with E-state index in [1.165, 1.54) is 12.1 Å². The standard InChI is InChI=1S/C22H16BrFN2O5/c23-14-5-7-18(17(24)9-14)29-11-21(27)25-15-2-1-3-16(10-15)26-22(28)13-4-6-19-20(8-13)31-12-30-19/h1-10H,11-12H2,(H,25,27)(H,26,28). The number of anilines is 2. The van der Waals surface area contributed by atoms with E-state index in [2.05, 4.69) is 26.6 Å². The summed E-state index contributed by atoms with van der Waals surface area (Å²) in [6.45, 7) is -0.243. The van der Waals surface area contributed by atoms with Crippen molar-refractivity contribution in [3.8, 4) is 17.2 Å². The molecule has 1 heterocycles. The summed E-state index contributed by atoms with van der Waals surface area (Å²) in [5, 5.41) is 5.41. The molecule has 0 radical (unpaired) electrons. The Hall–Kier alpha value is -3.59. The van der Waals surface area contributed by atoms with E-state index < -0.39 is 11.7 Å². The van der Waals surface area contributed by atoms with Crippen molar-refractivity contribution in [3.05, 3.63) is 76.5 Å². The van der Waals surface area contributed by atoms with Crippen molar-refractivity contribution in [3.63, 3.8) is 0 Å². The summed E-state index contributed by atoms with van der Waals surface area (Å²) in [4.78, 5) is 24.7. The summed E-state index contributed by atoms with van der Waals surface area (Å²) in [5.74, 6) is -0.307. The maximum absolute atomic E-state index is 13.8. The van der Waals surface area contributed by atoms with E-state index in [0.717, 1.165) is 0 Å². The molecular weight excluding hydrogens is 471 g/mol. The van der Waals surface area contributed by atoms with Gasteiger partial charge in [0.2, 0.25) is 6.79 Å². The Labute approximate surface area is 185 Å². The summed E-state index contributed by atoms with van der Waals surface area (Å²) in [6.07, 6.45) is 0. The number of hydrogen-bond donors (Lipinski definition) is 2. The van der Waals surface area contributed by atoms with Crippen LogP contribution in [0.2, 0.25) is 0 Å². The van der Waals surface area contributed by atoms with Crippen molar-refractivity contribution in [1.29, 1.82) is 0 Å². The summed E-state index contributed by atoms with van der Waals surface area (Å²) in [7, 11) is 0. The van der Waals surface area contributed by atoms with Gasteiger partial charge in [0.05, 0.1) is 0 Å². The third kappa shape index (κ3) is 5.13. The maximum atomic E-state index is 13.8. The normalized spacial score (nSPS) is 11.7. The molecule has 9 heteroatoms. The van der Waals surface area contributed by atoms with Gasteiger partial charge in [-0.1, -0.05) is 22.0 Å². The van der Waals surface area contributed by atoms with Crippen molar-refractivity contribution in [2.75, 3.05) is 24.0 Å². The van der Waals surface area contributed by atoms with Crippen LogP contribution in [-0.2, 0) is 4.79 Å². The monoisotopic (exact) mass is 486 g/mol. The van der Waals surface area contributed by atoms with E-state index in [4.69, 9.17) is 14.2 Å². The van der Waals surface area contributed by atoms with Crippen molar-refractivity contribution < 1.29 is 28.2 Å². The first kappa shape index (κ1) is 20.7. The Kier molecular flexibility index (Phi) is 6.03. The second kappa shape index (κ2) is 9.05. The van der Waals surface area contributed by atoms with E-state index in [-0.39, 0.29) is 25.1 Å². The highest BCUT2D eigenvalue weighted by Crippen LogP contribution is 2.32. The quantitative estimate of drug-likeness (QED) is 0.532. The molecule has 0 bridgehead atoms. The van der Waals surface area contributed by atoms with Crippen molar-refractivity contribution in [2.45, 2.75) is 0 Å². The van der Waals surface area contributed by atoms with E-state index in [1.807, 2.05) is 0 Å². The van der Waals surface area contributed by atoms with Gasteiger partial charge >= 0.3 is 0 Å². The maximum Gasteiger partial charge on any atom is 0.262 e. The highest BCUT2D eigenvalue weighted by atomic mass is 79.9. The molecule has 1 aliphatic rings. The van der Waals surface area contributed by atoms with Gasteiger partial charge in [-0.3, -0.25) is 9.59 Å². The number of carbonyl (C=O) groups excluding carboxylic acids is 2. The highest BCUT2D eigenvalue weighted by Gasteiger charge is 2.16. The van der Waals surface area contributed by atoms with E-state index in [9.17, 15) is 14.0 Å². The molecule has 0 aromatic heterocycles. The second-order valence-corrected chi connectivity index (χ2v) is 7.43. The first-order valence-electron chi connectivity index (χ1n) is 9.17. The van der Waals surface area contributed by atoms with Crippen molar-refractivity contribution in [1.82, 2.24) is 0 Å². The zero-order chi connectivity index (χ0) is 21.8. The molecule has 7 nitrogen and oxygen atoms in total.